The van der Waals surface area contributed by atoms with Gasteiger partial charge in [-0.3, -0.25) is 9.36 Å². The standard InChI is InChI=1S/C28H22F2N2O5S/c1-3-35-27(34)24-16(2)31-28-32(25(24)17-7-5-4-6-8-17)26(33)23(38-28)14-19-10-11-20(37-19)15-36-22-12-9-18(29)13-21(22)30/h4-14,25H,3,15H2,1-2H3/b23-14-/t25-/m0/s1. The van der Waals surface area contributed by atoms with E-state index in [0.717, 1.165) is 17.7 Å². The second kappa shape index (κ2) is 10.6. The van der Waals surface area contributed by atoms with Gasteiger partial charge in [0.05, 0.1) is 28.5 Å². The van der Waals surface area contributed by atoms with Gasteiger partial charge in [0.2, 0.25) is 0 Å². The van der Waals surface area contributed by atoms with E-state index in [9.17, 15) is 18.4 Å². The molecule has 1 aliphatic rings. The smallest absolute Gasteiger partial charge is 0.338 e. The van der Waals surface area contributed by atoms with Crippen LogP contribution in [0, 0.1) is 11.6 Å². The number of hydrogen-bond acceptors (Lipinski definition) is 7. The molecule has 1 aliphatic heterocycles. The average Bonchev–Trinajstić information content (AvgIpc) is 3.47. The lowest BCUT2D eigenvalue weighted by atomic mass is 9.96. The molecule has 0 N–H and O–H groups in total. The summed E-state index contributed by atoms with van der Waals surface area (Å²) in [7, 11) is 0. The first-order valence-corrected chi connectivity index (χ1v) is 12.6. The summed E-state index contributed by atoms with van der Waals surface area (Å²) < 4.78 is 45.2. The van der Waals surface area contributed by atoms with E-state index in [2.05, 4.69) is 4.99 Å². The molecule has 3 heterocycles. The molecular weight excluding hydrogens is 514 g/mol. The summed E-state index contributed by atoms with van der Waals surface area (Å²) >= 11 is 1.17. The van der Waals surface area contributed by atoms with Gasteiger partial charge in [-0.2, -0.15) is 0 Å². The molecule has 2 aromatic heterocycles. The third-order valence-electron chi connectivity index (χ3n) is 5.85. The van der Waals surface area contributed by atoms with Crippen LogP contribution in [0.25, 0.3) is 6.08 Å². The first-order chi connectivity index (χ1) is 18.4. The van der Waals surface area contributed by atoms with Gasteiger partial charge in [-0.1, -0.05) is 41.7 Å². The van der Waals surface area contributed by atoms with Gasteiger partial charge in [0.15, 0.2) is 16.4 Å². The molecule has 7 nitrogen and oxygen atoms in total. The van der Waals surface area contributed by atoms with Crippen molar-refractivity contribution >= 4 is 23.4 Å². The molecule has 0 saturated carbocycles. The molecular formula is C28H22F2N2O5S. The van der Waals surface area contributed by atoms with Gasteiger partial charge in [-0.15, -0.1) is 0 Å². The number of esters is 1. The zero-order valence-corrected chi connectivity index (χ0v) is 21.3. The van der Waals surface area contributed by atoms with Crippen LogP contribution >= 0.6 is 11.3 Å². The molecule has 2 aromatic carbocycles. The number of rotatable bonds is 7. The second-order valence-electron chi connectivity index (χ2n) is 8.38. The Bertz CT molecular complexity index is 1720. The summed E-state index contributed by atoms with van der Waals surface area (Å²) in [6.45, 7) is 3.55. The second-order valence-corrected chi connectivity index (χ2v) is 9.39. The number of allylic oxidation sites excluding steroid dienone is 1. The number of nitrogens with zero attached hydrogens (tertiary/aromatic N) is 2. The highest BCUT2D eigenvalue weighted by molar-refractivity contribution is 7.07. The number of thiazole rings is 1. The van der Waals surface area contributed by atoms with Crippen LogP contribution in [0.1, 0.15) is 37.0 Å². The minimum atomic E-state index is -0.816. The quantitative estimate of drug-likeness (QED) is 0.330. The fourth-order valence-corrected chi connectivity index (χ4v) is 5.19. The third-order valence-corrected chi connectivity index (χ3v) is 6.83. The first kappa shape index (κ1) is 25.3. The predicted molar refractivity (Wildman–Crippen MR) is 136 cm³/mol. The number of carbonyl (C=O) groups excluding carboxylic acids is 1. The summed E-state index contributed by atoms with van der Waals surface area (Å²) in [6, 6.07) is 14.9. The summed E-state index contributed by atoms with van der Waals surface area (Å²) in [5, 5.41) is 0. The predicted octanol–water partition coefficient (Wildman–Crippen LogP) is 4.25. The van der Waals surface area contributed by atoms with Crippen molar-refractivity contribution in [3.05, 3.63) is 120 Å². The lowest BCUT2D eigenvalue weighted by Crippen LogP contribution is -2.39. The molecule has 38 heavy (non-hydrogen) atoms. The minimum Gasteiger partial charge on any atom is -0.483 e. The van der Waals surface area contributed by atoms with E-state index in [0.29, 0.717) is 32.1 Å². The van der Waals surface area contributed by atoms with Crippen LogP contribution < -0.4 is 19.6 Å². The molecule has 0 aliphatic carbocycles. The molecule has 0 saturated heterocycles. The normalized spacial score (nSPS) is 15.3. The maximum atomic E-state index is 13.8. The van der Waals surface area contributed by atoms with E-state index in [4.69, 9.17) is 13.9 Å². The third kappa shape index (κ3) is 4.95. The number of ether oxygens (including phenoxy) is 2. The zero-order chi connectivity index (χ0) is 26.8. The number of carbonyl (C=O) groups is 1. The Morgan fingerprint density at radius 1 is 1.16 bits per heavy atom. The minimum absolute atomic E-state index is 0.0895. The fraction of sp³-hybridized carbons (Fsp3) is 0.179. The van der Waals surface area contributed by atoms with Crippen molar-refractivity contribution in [1.29, 1.82) is 0 Å². The SMILES string of the molecule is CCOC(=O)C1=C(C)N=c2s/c(=C\c3ccc(COc4ccc(F)cc4F)o3)c(=O)n2[C@H]1c1ccccc1. The Morgan fingerprint density at radius 3 is 2.68 bits per heavy atom. The molecule has 0 spiro atoms. The Morgan fingerprint density at radius 2 is 1.95 bits per heavy atom. The molecule has 5 rings (SSSR count). The molecule has 4 aromatic rings. The summed E-state index contributed by atoms with van der Waals surface area (Å²) in [4.78, 5) is 31.5. The molecule has 194 valence electrons. The van der Waals surface area contributed by atoms with Crippen molar-refractivity contribution in [2.24, 2.45) is 4.99 Å². The molecule has 0 radical (unpaired) electrons. The number of hydrogen-bond donors (Lipinski definition) is 0. The van der Waals surface area contributed by atoms with Crippen LogP contribution in [-0.2, 0) is 16.1 Å². The highest BCUT2D eigenvalue weighted by Crippen LogP contribution is 2.30. The van der Waals surface area contributed by atoms with Gasteiger partial charge < -0.3 is 13.9 Å². The summed E-state index contributed by atoms with van der Waals surface area (Å²) in [5.74, 6) is -1.38. The zero-order valence-electron chi connectivity index (χ0n) is 20.4. The van der Waals surface area contributed by atoms with Crippen molar-refractivity contribution < 1.29 is 27.5 Å². The fourth-order valence-electron chi connectivity index (χ4n) is 4.16. The van der Waals surface area contributed by atoms with Gasteiger partial charge >= 0.3 is 5.97 Å². The van der Waals surface area contributed by atoms with Gasteiger partial charge in [-0.25, -0.2) is 18.6 Å². The number of furan rings is 1. The largest absolute Gasteiger partial charge is 0.483 e. The number of benzene rings is 2. The van der Waals surface area contributed by atoms with Crippen LogP contribution in [0.2, 0.25) is 0 Å². The Hall–Kier alpha value is -4.31. The van der Waals surface area contributed by atoms with Crippen LogP contribution in [0.15, 0.2) is 86.1 Å². The van der Waals surface area contributed by atoms with E-state index in [1.165, 1.54) is 22.0 Å². The highest BCUT2D eigenvalue weighted by Gasteiger charge is 2.33. The topological polar surface area (TPSA) is 83.0 Å². The van der Waals surface area contributed by atoms with E-state index >= 15 is 0 Å². The number of halogens is 2. The van der Waals surface area contributed by atoms with Gasteiger partial charge in [0.25, 0.3) is 5.56 Å². The monoisotopic (exact) mass is 536 g/mol. The molecule has 0 unspecified atom stereocenters. The molecule has 0 amide bonds. The number of aromatic nitrogens is 1. The van der Waals surface area contributed by atoms with Crippen molar-refractivity contribution in [3.8, 4) is 5.75 Å². The molecule has 0 fully saturated rings. The van der Waals surface area contributed by atoms with Crippen molar-refractivity contribution in [3.63, 3.8) is 0 Å². The van der Waals surface area contributed by atoms with Crippen LogP contribution in [-0.4, -0.2) is 17.1 Å². The molecule has 0 bridgehead atoms. The van der Waals surface area contributed by atoms with Gasteiger partial charge in [-0.05, 0) is 43.7 Å². The van der Waals surface area contributed by atoms with Crippen molar-refractivity contribution in [2.75, 3.05) is 6.61 Å². The van der Waals surface area contributed by atoms with Gasteiger partial charge in [0.1, 0.15) is 23.9 Å². The molecule has 1 atom stereocenters. The highest BCUT2D eigenvalue weighted by atomic mass is 32.1. The van der Waals surface area contributed by atoms with Crippen LogP contribution in [0.5, 0.6) is 5.75 Å². The summed E-state index contributed by atoms with van der Waals surface area (Å²) in [5.41, 5.74) is 1.21. The van der Waals surface area contributed by atoms with E-state index in [1.807, 2.05) is 30.3 Å². The van der Waals surface area contributed by atoms with Crippen LogP contribution in [0.3, 0.4) is 0 Å². The Kier molecular flexibility index (Phi) is 7.06. The Balaban J connectivity index is 1.49. The maximum Gasteiger partial charge on any atom is 0.338 e. The first-order valence-electron chi connectivity index (χ1n) is 11.8. The average molecular weight is 537 g/mol. The van der Waals surface area contributed by atoms with Gasteiger partial charge in [0, 0.05) is 12.1 Å². The summed E-state index contributed by atoms with van der Waals surface area (Å²) in [6.07, 6.45) is 1.58. The van der Waals surface area contributed by atoms with E-state index in [1.54, 1.807) is 32.1 Å². The van der Waals surface area contributed by atoms with E-state index < -0.39 is 23.6 Å². The lowest BCUT2D eigenvalue weighted by molar-refractivity contribution is -0.139. The van der Waals surface area contributed by atoms with Crippen LogP contribution in [0.4, 0.5) is 8.78 Å². The van der Waals surface area contributed by atoms with Crippen molar-refractivity contribution in [2.45, 2.75) is 26.5 Å². The van der Waals surface area contributed by atoms with Crippen molar-refractivity contribution in [1.82, 2.24) is 4.57 Å². The lowest BCUT2D eigenvalue weighted by Gasteiger charge is -2.24. The Labute approximate surface area is 219 Å². The molecule has 10 heteroatoms. The maximum absolute atomic E-state index is 13.8. The number of fused-ring (bicyclic) bond motifs is 1. The van der Waals surface area contributed by atoms with E-state index in [-0.39, 0.29) is 24.5 Å².